The zero-order valence-corrected chi connectivity index (χ0v) is 17.2. The van der Waals surface area contributed by atoms with Crippen molar-refractivity contribution in [1.29, 1.82) is 0 Å². The van der Waals surface area contributed by atoms with Gasteiger partial charge in [-0.1, -0.05) is 24.3 Å². The Morgan fingerprint density at radius 2 is 2.00 bits per heavy atom. The zero-order chi connectivity index (χ0) is 19.8. The van der Waals surface area contributed by atoms with E-state index in [1.165, 1.54) is 16.5 Å². The molecular formula is C24H30N4O. The van der Waals surface area contributed by atoms with Crippen LogP contribution < -0.4 is 0 Å². The van der Waals surface area contributed by atoms with Crippen LogP contribution in [0.4, 0.5) is 0 Å². The number of H-pyrrole nitrogens is 1. The van der Waals surface area contributed by atoms with Gasteiger partial charge < -0.3 is 9.88 Å². The van der Waals surface area contributed by atoms with Gasteiger partial charge >= 0.3 is 0 Å². The Labute approximate surface area is 172 Å². The summed E-state index contributed by atoms with van der Waals surface area (Å²) in [4.78, 5) is 26.2. The van der Waals surface area contributed by atoms with E-state index < -0.39 is 0 Å². The molecule has 4 heterocycles. The second-order valence-corrected chi connectivity index (χ2v) is 8.90. The molecule has 5 heteroatoms. The van der Waals surface area contributed by atoms with Crippen LogP contribution in [0.25, 0.3) is 10.9 Å². The Kier molecular flexibility index (Phi) is 4.78. The fraction of sp³-hybridized carbons (Fsp3) is 0.500. The zero-order valence-electron chi connectivity index (χ0n) is 17.2. The summed E-state index contributed by atoms with van der Waals surface area (Å²) >= 11 is 0. The number of likely N-dealkylation sites (tertiary alicyclic amines) is 2. The van der Waals surface area contributed by atoms with Crippen molar-refractivity contribution in [3.63, 3.8) is 0 Å². The molecule has 1 aromatic heterocycles. The van der Waals surface area contributed by atoms with Gasteiger partial charge in [-0.05, 0) is 49.8 Å². The largest absolute Gasteiger partial charge is 0.361 e. The smallest absolute Gasteiger partial charge is 0.229 e. The minimum Gasteiger partial charge on any atom is -0.361 e. The first-order valence-corrected chi connectivity index (χ1v) is 10.9. The number of piperidine rings is 2. The standard InChI is InChI=1S/C24H30N4O/c1-18-6-4-12-25-22(18)27-14-10-24(11-15-27)9-5-13-28(23(24)29)17-19-16-26-21-8-3-2-7-20(19)21/h2-3,6-8,12,16,22,26H,4-5,9-11,13-15,17H2,1H3. The van der Waals surface area contributed by atoms with Crippen LogP contribution in [-0.4, -0.2) is 52.7 Å². The van der Waals surface area contributed by atoms with E-state index in [4.69, 9.17) is 4.99 Å². The van der Waals surface area contributed by atoms with Gasteiger partial charge in [-0.2, -0.15) is 0 Å². The normalized spacial score (nSPS) is 25.0. The van der Waals surface area contributed by atoms with Crippen molar-refractivity contribution in [2.24, 2.45) is 10.4 Å². The van der Waals surface area contributed by atoms with Crippen molar-refractivity contribution < 1.29 is 4.79 Å². The predicted molar refractivity (Wildman–Crippen MR) is 117 cm³/mol. The minimum absolute atomic E-state index is 0.170. The van der Waals surface area contributed by atoms with Gasteiger partial charge in [0.2, 0.25) is 5.91 Å². The topological polar surface area (TPSA) is 51.7 Å². The highest BCUT2D eigenvalue weighted by Gasteiger charge is 2.46. The Bertz CT molecular complexity index is 964. The number of amides is 1. The number of hydrogen-bond donors (Lipinski definition) is 1. The minimum atomic E-state index is -0.170. The maximum atomic E-state index is 13.6. The lowest BCUT2D eigenvalue weighted by molar-refractivity contribution is -0.151. The van der Waals surface area contributed by atoms with Gasteiger partial charge in [0.15, 0.2) is 0 Å². The summed E-state index contributed by atoms with van der Waals surface area (Å²) in [6.45, 7) is 5.68. The SMILES string of the molecule is CC1=CCC=NC1N1CCC2(CCCN(Cc3c[nH]c4ccccc34)C2=O)CC1. The average Bonchev–Trinajstić information content (AvgIpc) is 3.16. The fourth-order valence-corrected chi connectivity index (χ4v) is 5.44. The van der Waals surface area contributed by atoms with Crippen LogP contribution in [-0.2, 0) is 11.3 Å². The Morgan fingerprint density at radius 3 is 2.83 bits per heavy atom. The van der Waals surface area contributed by atoms with E-state index >= 15 is 0 Å². The van der Waals surface area contributed by atoms with Gasteiger partial charge in [-0.25, -0.2) is 0 Å². The van der Waals surface area contributed by atoms with Gasteiger partial charge in [-0.15, -0.1) is 0 Å². The monoisotopic (exact) mass is 390 g/mol. The lowest BCUT2D eigenvalue weighted by Gasteiger charge is -2.47. The van der Waals surface area contributed by atoms with Crippen molar-refractivity contribution in [3.8, 4) is 0 Å². The van der Waals surface area contributed by atoms with E-state index in [0.717, 1.165) is 57.3 Å². The maximum absolute atomic E-state index is 13.6. The molecule has 1 aromatic carbocycles. The molecule has 3 aliphatic rings. The lowest BCUT2D eigenvalue weighted by Crippen LogP contribution is -2.54. The van der Waals surface area contributed by atoms with Crippen LogP contribution >= 0.6 is 0 Å². The summed E-state index contributed by atoms with van der Waals surface area (Å²) in [5.74, 6) is 0.369. The number of carbonyl (C=O) groups excluding carboxylic acids is 1. The van der Waals surface area contributed by atoms with Gasteiger partial charge in [0, 0.05) is 55.9 Å². The van der Waals surface area contributed by atoms with Crippen molar-refractivity contribution in [1.82, 2.24) is 14.8 Å². The molecule has 1 N–H and O–H groups in total. The van der Waals surface area contributed by atoms with Crippen LogP contribution in [0.15, 0.2) is 47.1 Å². The summed E-state index contributed by atoms with van der Waals surface area (Å²) in [5.41, 5.74) is 3.54. The quantitative estimate of drug-likeness (QED) is 0.802. The molecule has 2 saturated heterocycles. The number of aliphatic imine (C=N–C) groups is 1. The number of dihydropyridines is 1. The van der Waals surface area contributed by atoms with Crippen LogP contribution in [0.1, 0.15) is 44.6 Å². The molecule has 1 unspecified atom stereocenters. The number of carbonyl (C=O) groups is 1. The summed E-state index contributed by atoms with van der Waals surface area (Å²) in [6, 6.07) is 8.35. The number of nitrogens with zero attached hydrogens (tertiary/aromatic N) is 3. The van der Waals surface area contributed by atoms with Crippen LogP contribution in [0.5, 0.6) is 0 Å². The van der Waals surface area contributed by atoms with E-state index in [-0.39, 0.29) is 11.6 Å². The van der Waals surface area contributed by atoms with Crippen molar-refractivity contribution in [2.75, 3.05) is 19.6 Å². The van der Waals surface area contributed by atoms with E-state index in [1.54, 1.807) is 0 Å². The maximum Gasteiger partial charge on any atom is 0.229 e. The molecule has 5 nitrogen and oxygen atoms in total. The van der Waals surface area contributed by atoms with Gasteiger partial charge in [-0.3, -0.25) is 14.7 Å². The average molecular weight is 391 g/mol. The number of para-hydroxylation sites is 1. The first-order valence-electron chi connectivity index (χ1n) is 10.9. The van der Waals surface area contributed by atoms with Gasteiger partial charge in [0.05, 0.1) is 5.41 Å². The molecule has 0 bridgehead atoms. The third-order valence-electron chi connectivity index (χ3n) is 7.16. The van der Waals surface area contributed by atoms with E-state index in [0.29, 0.717) is 12.5 Å². The van der Waals surface area contributed by atoms with Gasteiger partial charge in [0.1, 0.15) is 6.17 Å². The highest BCUT2D eigenvalue weighted by molar-refractivity contribution is 5.86. The third kappa shape index (κ3) is 3.31. The predicted octanol–water partition coefficient (Wildman–Crippen LogP) is 4.12. The molecule has 0 aliphatic carbocycles. The van der Waals surface area contributed by atoms with Crippen molar-refractivity contribution in [3.05, 3.63) is 47.7 Å². The Morgan fingerprint density at radius 1 is 1.17 bits per heavy atom. The number of rotatable bonds is 3. The number of hydrogen-bond acceptors (Lipinski definition) is 3. The molecule has 1 atom stereocenters. The molecule has 1 spiro atoms. The fourth-order valence-electron chi connectivity index (χ4n) is 5.44. The number of aromatic nitrogens is 1. The molecule has 0 radical (unpaired) electrons. The van der Waals surface area contributed by atoms with Crippen LogP contribution in [0.2, 0.25) is 0 Å². The third-order valence-corrected chi connectivity index (χ3v) is 7.16. The Hall–Kier alpha value is -2.40. The van der Waals surface area contributed by atoms with Gasteiger partial charge in [0.25, 0.3) is 0 Å². The lowest BCUT2D eigenvalue weighted by atomic mass is 9.71. The highest BCUT2D eigenvalue weighted by atomic mass is 16.2. The van der Waals surface area contributed by atoms with Crippen molar-refractivity contribution in [2.45, 2.75) is 51.7 Å². The number of nitrogens with one attached hydrogen (secondary N) is 1. The molecule has 152 valence electrons. The molecule has 2 aromatic rings. The molecule has 0 saturated carbocycles. The summed E-state index contributed by atoms with van der Waals surface area (Å²) < 4.78 is 0. The molecule has 3 aliphatic heterocycles. The summed E-state index contributed by atoms with van der Waals surface area (Å²) in [5, 5.41) is 1.23. The van der Waals surface area contributed by atoms with E-state index in [1.807, 2.05) is 12.3 Å². The Balaban J connectivity index is 1.29. The molecule has 29 heavy (non-hydrogen) atoms. The number of aromatic amines is 1. The molecule has 2 fully saturated rings. The highest BCUT2D eigenvalue weighted by Crippen LogP contribution is 2.42. The van der Waals surface area contributed by atoms with Crippen LogP contribution in [0.3, 0.4) is 0 Å². The first-order chi connectivity index (χ1) is 14.2. The number of benzene rings is 1. The van der Waals surface area contributed by atoms with E-state index in [9.17, 15) is 4.79 Å². The number of allylic oxidation sites excluding steroid dienone is 1. The summed E-state index contributed by atoms with van der Waals surface area (Å²) in [7, 11) is 0. The van der Waals surface area contributed by atoms with Crippen molar-refractivity contribution >= 4 is 23.0 Å². The van der Waals surface area contributed by atoms with Crippen LogP contribution in [0, 0.1) is 5.41 Å². The van der Waals surface area contributed by atoms with E-state index in [2.05, 4.69) is 52.2 Å². The second-order valence-electron chi connectivity index (χ2n) is 8.90. The first kappa shape index (κ1) is 18.6. The summed E-state index contributed by atoms with van der Waals surface area (Å²) in [6.07, 6.45) is 11.5. The molecular weight excluding hydrogens is 360 g/mol. The molecule has 5 rings (SSSR count). The second kappa shape index (κ2) is 7.45. The number of fused-ring (bicyclic) bond motifs is 1. The molecule has 1 amide bonds.